The molecule has 0 aliphatic carbocycles. The lowest BCUT2D eigenvalue weighted by Gasteiger charge is -2.12. The quantitative estimate of drug-likeness (QED) is 0.891. The van der Waals surface area contributed by atoms with E-state index >= 15 is 0 Å². The third-order valence-electron chi connectivity index (χ3n) is 3.01. The molecule has 1 aromatic carbocycles. The Hall–Kier alpha value is -1.90. The highest BCUT2D eigenvalue weighted by Gasteiger charge is 2.11. The van der Waals surface area contributed by atoms with Crippen LogP contribution >= 0.6 is 0 Å². The number of anilines is 1. The number of aromatic nitrogens is 2. The van der Waals surface area contributed by atoms with Gasteiger partial charge in [-0.25, -0.2) is 9.97 Å². The first-order chi connectivity index (χ1) is 8.76. The number of rotatable bonds is 4. The van der Waals surface area contributed by atoms with Crippen molar-refractivity contribution < 1.29 is 0 Å². The molecule has 0 radical (unpaired) electrons. The van der Waals surface area contributed by atoms with Crippen LogP contribution in [0.4, 0.5) is 5.82 Å². The fourth-order valence-electron chi connectivity index (χ4n) is 2.07. The molecule has 1 aromatic heterocycles. The molecule has 0 amide bonds. The minimum Gasteiger partial charge on any atom is -0.373 e. The van der Waals surface area contributed by atoms with Crippen LogP contribution < -0.4 is 5.32 Å². The Morgan fingerprint density at radius 2 is 1.83 bits per heavy atom. The lowest BCUT2D eigenvalue weighted by Crippen LogP contribution is -2.03. The van der Waals surface area contributed by atoms with Gasteiger partial charge in [-0.1, -0.05) is 43.2 Å². The lowest BCUT2D eigenvalue weighted by molar-refractivity contribution is 0.906. The molecule has 2 rings (SSSR count). The third kappa shape index (κ3) is 2.50. The maximum absolute atomic E-state index is 4.45. The smallest absolute Gasteiger partial charge is 0.132 e. The first kappa shape index (κ1) is 12.6. The summed E-state index contributed by atoms with van der Waals surface area (Å²) in [4.78, 5) is 8.75. The maximum Gasteiger partial charge on any atom is 0.132 e. The fraction of sp³-hybridized carbons (Fsp3) is 0.333. The van der Waals surface area contributed by atoms with E-state index in [4.69, 9.17) is 0 Å². The van der Waals surface area contributed by atoms with Crippen molar-refractivity contribution in [3.05, 3.63) is 41.7 Å². The number of benzene rings is 1. The first-order valence-corrected chi connectivity index (χ1v) is 6.35. The summed E-state index contributed by atoms with van der Waals surface area (Å²) in [6.45, 7) is 4.26. The molecule has 0 spiro atoms. The van der Waals surface area contributed by atoms with E-state index in [1.54, 1.807) is 6.33 Å². The van der Waals surface area contributed by atoms with Crippen LogP contribution in [0.2, 0.25) is 0 Å². The van der Waals surface area contributed by atoms with Crippen LogP contribution in [0.5, 0.6) is 0 Å². The van der Waals surface area contributed by atoms with Gasteiger partial charge in [0.2, 0.25) is 0 Å². The third-order valence-corrected chi connectivity index (χ3v) is 3.01. The number of nitrogens with zero attached hydrogens (tertiary/aromatic N) is 2. The van der Waals surface area contributed by atoms with Gasteiger partial charge in [-0.05, 0) is 13.3 Å². The minimum atomic E-state index is 0.933. The molecular weight excluding hydrogens is 222 g/mol. The molecule has 0 saturated carbocycles. The zero-order valence-electron chi connectivity index (χ0n) is 11.2. The molecule has 1 N–H and O–H groups in total. The number of nitrogens with one attached hydrogen (secondary N) is 1. The van der Waals surface area contributed by atoms with E-state index in [1.165, 1.54) is 11.1 Å². The Kier molecular flexibility index (Phi) is 3.92. The van der Waals surface area contributed by atoms with E-state index in [0.29, 0.717) is 0 Å². The number of hydrogen-bond donors (Lipinski definition) is 1. The molecule has 0 aliphatic heterocycles. The van der Waals surface area contributed by atoms with Gasteiger partial charge >= 0.3 is 0 Å². The summed E-state index contributed by atoms with van der Waals surface area (Å²) in [5, 5.41) is 3.15. The Bertz CT molecular complexity index is 518. The van der Waals surface area contributed by atoms with E-state index < -0.39 is 0 Å². The molecule has 3 nitrogen and oxygen atoms in total. The SMILES string of the molecule is CCCc1c(NC)ncnc1-c1ccc(C)cc1. The molecule has 2 aromatic rings. The van der Waals surface area contributed by atoms with Crippen molar-refractivity contribution >= 4 is 5.82 Å². The Morgan fingerprint density at radius 3 is 2.44 bits per heavy atom. The summed E-state index contributed by atoms with van der Waals surface area (Å²) in [6, 6.07) is 8.48. The molecule has 0 atom stereocenters. The fourth-order valence-corrected chi connectivity index (χ4v) is 2.07. The van der Waals surface area contributed by atoms with Crippen LogP contribution in [0.1, 0.15) is 24.5 Å². The van der Waals surface area contributed by atoms with Crippen molar-refractivity contribution in [3.8, 4) is 11.3 Å². The van der Waals surface area contributed by atoms with E-state index in [2.05, 4.69) is 53.4 Å². The van der Waals surface area contributed by atoms with Crippen molar-refractivity contribution in [1.82, 2.24) is 9.97 Å². The monoisotopic (exact) mass is 241 g/mol. The van der Waals surface area contributed by atoms with Gasteiger partial charge in [0.05, 0.1) is 5.69 Å². The van der Waals surface area contributed by atoms with Crippen molar-refractivity contribution in [2.45, 2.75) is 26.7 Å². The van der Waals surface area contributed by atoms with Gasteiger partial charge in [-0.2, -0.15) is 0 Å². The molecule has 3 heteroatoms. The second-order valence-corrected chi connectivity index (χ2v) is 4.42. The van der Waals surface area contributed by atoms with Crippen molar-refractivity contribution in [2.24, 2.45) is 0 Å². The van der Waals surface area contributed by atoms with Gasteiger partial charge in [0, 0.05) is 18.2 Å². The van der Waals surface area contributed by atoms with Gasteiger partial charge < -0.3 is 5.32 Å². The average Bonchev–Trinajstić information content (AvgIpc) is 2.40. The normalized spacial score (nSPS) is 10.4. The van der Waals surface area contributed by atoms with Gasteiger partial charge in [0.15, 0.2) is 0 Å². The van der Waals surface area contributed by atoms with E-state index in [-0.39, 0.29) is 0 Å². The van der Waals surface area contributed by atoms with Crippen LogP contribution in [0, 0.1) is 6.92 Å². The van der Waals surface area contributed by atoms with Crippen molar-refractivity contribution in [2.75, 3.05) is 12.4 Å². The number of aryl methyl sites for hydroxylation is 1. The largest absolute Gasteiger partial charge is 0.373 e. The van der Waals surface area contributed by atoms with Gasteiger partial charge in [-0.15, -0.1) is 0 Å². The molecule has 94 valence electrons. The minimum absolute atomic E-state index is 0.933. The first-order valence-electron chi connectivity index (χ1n) is 6.35. The van der Waals surface area contributed by atoms with Crippen LogP contribution in [0.3, 0.4) is 0 Å². The van der Waals surface area contributed by atoms with Crippen molar-refractivity contribution in [1.29, 1.82) is 0 Å². The zero-order valence-corrected chi connectivity index (χ0v) is 11.2. The summed E-state index contributed by atoms with van der Waals surface area (Å²) in [5.41, 5.74) is 4.66. The second-order valence-electron chi connectivity index (χ2n) is 4.42. The summed E-state index contributed by atoms with van der Waals surface area (Å²) in [5.74, 6) is 0.933. The van der Waals surface area contributed by atoms with Crippen molar-refractivity contribution in [3.63, 3.8) is 0 Å². The van der Waals surface area contributed by atoms with Crippen LogP contribution in [0.15, 0.2) is 30.6 Å². The predicted molar refractivity (Wildman–Crippen MR) is 75.7 cm³/mol. The molecule has 1 heterocycles. The van der Waals surface area contributed by atoms with Crippen LogP contribution in [0.25, 0.3) is 11.3 Å². The molecule has 0 fully saturated rings. The van der Waals surface area contributed by atoms with E-state index in [9.17, 15) is 0 Å². The summed E-state index contributed by atoms with van der Waals surface area (Å²) < 4.78 is 0. The van der Waals surface area contributed by atoms with E-state index in [1.807, 2.05) is 7.05 Å². The highest BCUT2D eigenvalue weighted by atomic mass is 15.0. The predicted octanol–water partition coefficient (Wildman–Crippen LogP) is 3.45. The molecular formula is C15H19N3. The second kappa shape index (κ2) is 5.63. The number of hydrogen-bond acceptors (Lipinski definition) is 3. The summed E-state index contributed by atoms with van der Waals surface area (Å²) in [6.07, 6.45) is 3.70. The Labute approximate surface area is 108 Å². The van der Waals surface area contributed by atoms with Crippen LogP contribution in [-0.4, -0.2) is 17.0 Å². The summed E-state index contributed by atoms with van der Waals surface area (Å²) in [7, 11) is 1.90. The Balaban J connectivity index is 2.52. The standard InChI is InChI=1S/C15H19N3/c1-4-5-13-14(17-10-18-15(13)16-3)12-8-6-11(2)7-9-12/h6-10H,4-5H2,1-3H3,(H,16,17,18). The summed E-state index contributed by atoms with van der Waals surface area (Å²) >= 11 is 0. The average molecular weight is 241 g/mol. The Morgan fingerprint density at radius 1 is 1.11 bits per heavy atom. The zero-order chi connectivity index (χ0) is 13.0. The topological polar surface area (TPSA) is 37.8 Å². The molecule has 18 heavy (non-hydrogen) atoms. The highest BCUT2D eigenvalue weighted by Crippen LogP contribution is 2.26. The van der Waals surface area contributed by atoms with E-state index in [0.717, 1.165) is 29.9 Å². The molecule has 0 saturated heterocycles. The lowest BCUT2D eigenvalue weighted by atomic mass is 10.0. The molecule has 0 aliphatic rings. The molecule has 0 bridgehead atoms. The molecule has 0 unspecified atom stereocenters. The van der Waals surface area contributed by atoms with Crippen LogP contribution in [-0.2, 0) is 6.42 Å². The van der Waals surface area contributed by atoms with Gasteiger partial charge in [-0.3, -0.25) is 0 Å². The van der Waals surface area contributed by atoms with Gasteiger partial charge in [0.1, 0.15) is 12.1 Å². The van der Waals surface area contributed by atoms with Gasteiger partial charge in [0.25, 0.3) is 0 Å². The highest BCUT2D eigenvalue weighted by molar-refractivity contribution is 5.68. The maximum atomic E-state index is 4.45.